The van der Waals surface area contributed by atoms with Crippen molar-refractivity contribution >= 4 is 78.9 Å². The Balaban J connectivity index is 1.21. The molecule has 3 aliphatic rings. The minimum atomic E-state index is -0.0159. The van der Waals surface area contributed by atoms with Gasteiger partial charge >= 0.3 is 0 Å². The molecule has 0 bridgehead atoms. The number of aromatic nitrogens is 2. The van der Waals surface area contributed by atoms with Crippen LogP contribution in [0.1, 0.15) is 70.3 Å². The molecule has 4 heteroatoms. The number of allylic oxidation sites excluding steroid dienone is 1. The smallest absolute Gasteiger partial charge is 0.252 e. The van der Waals surface area contributed by atoms with E-state index in [0.717, 1.165) is 18.5 Å². The number of para-hydroxylation sites is 1. The molecule has 0 unspecified atom stereocenters. The van der Waals surface area contributed by atoms with Gasteiger partial charge in [0.15, 0.2) is 0 Å². The van der Waals surface area contributed by atoms with E-state index in [1.165, 1.54) is 116 Å². The van der Waals surface area contributed by atoms with E-state index in [4.69, 9.17) is 0 Å². The van der Waals surface area contributed by atoms with Crippen LogP contribution in [0.2, 0.25) is 0 Å². The number of hydrogen-bond donors (Lipinski definition) is 0. The molecule has 0 spiro atoms. The molecule has 8 aromatic carbocycles. The highest BCUT2D eigenvalue weighted by Crippen LogP contribution is 2.46. The summed E-state index contributed by atoms with van der Waals surface area (Å²) in [6.45, 7) is 14.0. The van der Waals surface area contributed by atoms with Crippen LogP contribution in [0.4, 0.5) is 17.1 Å². The first-order valence-electron chi connectivity index (χ1n) is 23.8. The van der Waals surface area contributed by atoms with Crippen molar-refractivity contribution in [2.75, 3.05) is 4.90 Å². The number of anilines is 3. The summed E-state index contributed by atoms with van der Waals surface area (Å²) in [6, 6.07) is 64.7. The zero-order valence-corrected chi connectivity index (χ0v) is 38.7. The molecule has 2 aromatic heterocycles. The standard InChI is InChI=1S/C62H52BN3/c1-61(2,3)43-27-29-48-49-30-28-44(62(4,5)6)36-56(49)65(55(48)35-43)46-37-57-59-58(38-46)66-53-25-17-16-24-47(53)50-32-42(40-20-12-8-13-21-40)34-52(60(50)66)63(59)51-33-41(39-18-10-7-11-19-39)26-31-54(51)64(57)45-22-14-9-15-23-45/h7-15,17-23,25-38H,16,24H2,1-6H3. The van der Waals surface area contributed by atoms with Crippen LogP contribution in [-0.4, -0.2) is 15.8 Å². The average molecular weight is 850 g/mol. The molecule has 1 aliphatic carbocycles. The number of benzene rings is 8. The number of rotatable bonds is 4. The Morgan fingerprint density at radius 2 is 1.05 bits per heavy atom. The minimum absolute atomic E-state index is 0.0141. The molecular weight excluding hydrogens is 798 g/mol. The largest absolute Gasteiger partial charge is 0.311 e. The molecule has 66 heavy (non-hydrogen) atoms. The van der Waals surface area contributed by atoms with Gasteiger partial charge in [-0.05, 0) is 134 Å². The maximum atomic E-state index is 2.66. The molecule has 4 heterocycles. The van der Waals surface area contributed by atoms with Gasteiger partial charge in [0.05, 0.1) is 16.7 Å². The van der Waals surface area contributed by atoms with Crippen LogP contribution >= 0.6 is 0 Å². The highest BCUT2D eigenvalue weighted by molar-refractivity contribution is 7.00. The normalized spacial score (nSPS) is 14.0. The third kappa shape index (κ3) is 5.76. The molecule has 2 aliphatic heterocycles. The molecule has 0 N–H and O–H groups in total. The van der Waals surface area contributed by atoms with Gasteiger partial charge < -0.3 is 14.0 Å². The fourth-order valence-electron chi connectivity index (χ4n) is 11.6. The van der Waals surface area contributed by atoms with Crippen molar-refractivity contribution in [1.82, 2.24) is 9.13 Å². The zero-order valence-electron chi connectivity index (χ0n) is 38.7. The molecule has 0 amide bonds. The lowest BCUT2D eigenvalue weighted by Gasteiger charge is -2.41. The van der Waals surface area contributed by atoms with Crippen LogP contribution in [0.25, 0.3) is 72.4 Å². The van der Waals surface area contributed by atoms with E-state index in [-0.39, 0.29) is 17.5 Å². The Morgan fingerprint density at radius 1 is 0.455 bits per heavy atom. The number of aryl methyl sites for hydroxylation is 1. The SMILES string of the molecule is CC(C)(C)c1ccc2c3ccc(C(C)(C)C)cc3n(-c3cc4c5c(c3)-n3c6c(c7cc(-c8ccccc8)cc(c73)B5c3cc(-c5ccccc5)ccc3N4c3ccccc3)CCC=C6)c2c1. The van der Waals surface area contributed by atoms with E-state index in [9.17, 15) is 0 Å². The van der Waals surface area contributed by atoms with E-state index in [0.29, 0.717) is 0 Å². The van der Waals surface area contributed by atoms with Gasteiger partial charge in [-0.1, -0.05) is 169 Å². The van der Waals surface area contributed by atoms with Crippen LogP contribution in [-0.2, 0) is 17.3 Å². The van der Waals surface area contributed by atoms with Crippen molar-refractivity contribution in [1.29, 1.82) is 0 Å². The topological polar surface area (TPSA) is 13.1 Å². The molecule has 0 saturated carbocycles. The third-order valence-corrected chi connectivity index (χ3v) is 14.8. The van der Waals surface area contributed by atoms with Gasteiger partial charge in [0.1, 0.15) is 0 Å². The van der Waals surface area contributed by atoms with Crippen molar-refractivity contribution in [2.24, 2.45) is 0 Å². The lowest BCUT2D eigenvalue weighted by atomic mass is 9.33. The first-order chi connectivity index (χ1) is 32.0. The van der Waals surface area contributed by atoms with E-state index >= 15 is 0 Å². The van der Waals surface area contributed by atoms with E-state index in [1.807, 2.05) is 0 Å². The predicted octanol–water partition coefficient (Wildman–Crippen LogP) is 14.2. The molecule has 0 saturated heterocycles. The Bertz CT molecular complexity index is 3580. The summed E-state index contributed by atoms with van der Waals surface area (Å²) < 4.78 is 5.25. The molecule has 0 radical (unpaired) electrons. The molecular formula is C62H52BN3. The molecule has 0 fully saturated rings. The van der Waals surface area contributed by atoms with Crippen LogP contribution < -0.4 is 21.3 Å². The second kappa shape index (κ2) is 14.1. The van der Waals surface area contributed by atoms with Crippen molar-refractivity contribution in [3.63, 3.8) is 0 Å². The summed E-state index contributed by atoms with van der Waals surface area (Å²) in [7, 11) is 0. The molecule has 0 atom stereocenters. The van der Waals surface area contributed by atoms with Gasteiger partial charge in [-0.2, -0.15) is 0 Å². The first-order valence-corrected chi connectivity index (χ1v) is 23.8. The number of nitrogens with zero attached hydrogens (tertiary/aromatic N) is 3. The third-order valence-electron chi connectivity index (χ3n) is 14.8. The van der Waals surface area contributed by atoms with E-state index in [2.05, 4.69) is 238 Å². The molecule has 318 valence electrons. The maximum Gasteiger partial charge on any atom is 0.252 e. The zero-order chi connectivity index (χ0) is 44.6. The maximum absolute atomic E-state index is 2.66. The van der Waals surface area contributed by atoms with Gasteiger partial charge in [-0.15, -0.1) is 0 Å². The van der Waals surface area contributed by atoms with Crippen LogP contribution in [0.5, 0.6) is 0 Å². The highest BCUT2D eigenvalue weighted by atomic mass is 15.2. The van der Waals surface area contributed by atoms with Gasteiger partial charge in [0, 0.05) is 50.1 Å². The fourth-order valence-corrected chi connectivity index (χ4v) is 11.6. The second-order valence-electron chi connectivity index (χ2n) is 20.9. The number of fused-ring (bicyclic) bond motifs is 10. The van der Waals surface area contributed by atoms with Gasteiger partial charge in [-0.3, -0.25) is 0 Å². The Hall–Kier alpha value is -7.30. The van der Waals surface area contributed by atoms with Gasteiger partial charge in [0.2, 0.25) is 0 Å². The average Bonchev–Trinajstić information content (AvgIpc) is 3.85. The summed E-state index contributed by atoms with van der Waals surface area (Å²) in [6.07, 6.45) is 6.85. The van der Waals surface area contributed by atoms with Crippen LogP contribution in [0, 0.1) is 0 Å². The summed E-state index contributed by atoms with van der Waals surface area (Å²) >= 11 is 0. The predicted molar refractivity (Wildman–Crippen MR) is 283 cm³/mol. The monoisotopic (exact) mass is 849 g/mol. The summed E-state index contributed by atoms with van der Waals surface area (Å²) in [5.74, 6) is 0. The van der Waals surface area contributed by atoms with Crippen LogP contribution in [0.3, 0.4) is 0 Å². The molecule has 10 aromatic rings. The van der Waals surface area contributed by atoms with Crippen LogP contribution in [0.15, 0.2) is 176 Å². The summed E-state index contributed by atoms with van der Waals surface area (Å²) in [4.78, 5) is 2.56. The highest BCUT2D eigenvalue weighted by Gasteiger charge is 2.43. The Morgan fingerprint density at radius 3 is 1.68 bits per heavy atom. The lowest BCUT2D eigenvalue weighted by molar-refractivity contribution is 0.591. The minimum Gasteiger partial charge on any atom is -0.311 e. The van der Waals surface area contributed by atoms with Crippen molar-refractivity contribution < 1.29 is 0 Å². The van der Waals surface area contributed by atoms with E-state index < -0.39 is 0 Å². The summed E-state index contributed by atoms with van der Waals surface area (Å²) in [5, 5.41) is 3.93. The molecule has 3 nitrogen and oxygen atoms in total. The molecule has 13 rings (SSSR count). The summed E-state index contributed by atoms with van der Waals surface area (Å²) in [5.41, 5.74) is 24.3. The van der Waals surface area contributed by atoms with Crippen molar-refractivity contribution in [3.05, 3.63) is 198 Å². The second-order valence-corrected chi connectivity index (χ2v) is 20.9. The lowest BCUT2D eigenvalue weighted by Crippen LogP contribution is -2.60. The quantitative estimate of drug-likeness (QED) is 0.161. The first kappa shape index (κ1) is 39.1. The van der Waals surface area contributed by atoms with Gasteiger partial charge in [-0.25, -0.2) is 0 Å². The van der Waals surface area contributed by atoms with Crippen molar-refractivity contribution in [3.8, 4) is 33.6 Å². The Labute approximate surface area is 388 Å². The van der Waals surface area contributed by atoms with Gasteiger partial charge in [0.25, 0.3) is 6.71 Å². The Kier molecular flexibility index (Phi) is 8.36. The fraction of sp³-hybridized carbons (Fsp3) is 0.161. The van der Waals surface area contributed by atoms with E-state index in [1.54, 1.807) is 0 Å². The van der Waals surface area contributed by atoms with Crippen molar-refractivity contribution in [2.45, 2.75) is 65.2 Å². The number of hydrogen-bond acceptors (Lipinski definition) is 1.